The lowest BCUT2D eigenvalue weighted by atomic mass is 9.96. The average Bonchev–Trinajstić information content (AvgIpc) is 3.21. The SMILES string of the molecule is C=CCOP(=O)(OCC=C)O[C@H]1[C@H](OCC[C@@H](CCCCCCC)OC)[C@@H](NC(=O)CCCCCCCCC/C=C\CCCCCC)C(OC(=N)C(Cl)(Cl)Cl)O[C@@H]1COC. The Hall–Kier alpha value is -1.02. The lowest BCUT2D eigenvalue weighted by molar-refractivity contribution is -0.256. The summed E-state index contributed by atoms with van der Waals surface area (Å²) in [6, 6.07) is -1.14. The van der Waals surface area contributed by atoms with Gasteiger partial charge in [0.2, 0.25) is 18.1 Å². The number of rotatable bonds is 38. The zero-order valence-electron chi connectivity index (χ0n) is 37.0. The van der Waals surface area contributed by atoms with Crippen LogP contribution >= 0.6 is 42.6 Å². The third-order valence-corrected chi connectivity index (χ3v) is 12.1. The van der Waals surface area contributed by atoms with E-state index in [2.05, 4.69) is 44.5 Å². The third-order valence-electron chi connectivity index (χ3n) is 10.1. The second-order valence-electron chi connectivity index (χ2n) is 15.2. The van der Waals surface area contributed by atoms with E-state index in [4.69, 9.17) is 77.5 Å². The highest BCUT2D eigenvalue weighted by molar-refractivity contribution is 7.48. The molecule has 0 saturated carbocycles. The summed E-state index contributed by atoms with van der Waals surface area (Å²) >= 11 is 18.1. The van der Waals surface area contributed by atoms with E-state index in [0.29, 0.717) is 12.8 Å². The van der Waals surface area contributed by atoms with Crippen LogP contribution in [0.5, 0.6) is 0 Å². The second-order valence-corrected chi connectivity index (χ2v) is 19.1. The lowest BCUT2D eigenvalue weighted by Crippen LogP contribution is -2.66. The number of hydrogen-bond acceptors (Lipinski definition) is 11. The molecule has 350 valence electrons. The molecule has 1 amide bonds. The van der Waals surface area contributed by atoms with Crippen molar-refractivity contribution < 1.29 is 46.6 Å². The van der Waals surface area contributed by atoms with Crippen LogP contribution in [-0.4, -0.2) is 93.0 Å². The first-order valence-electron chi connectivity index (χ1n) is 22.2. The van der Waals surface area contributed by atoms with Crippen LogP contribution in [0.4, 0.5) is 0 Å². The van der Waals surface area contributed by atoms with Crippen molar-refractivity contribution in [3.8, 4) is 0 Å². The number of allylic oxidation sites excluding steroid dienone is 2. The summed E-state index contributed by atoms with van der Waals surface area (Å²) in [6.07, 6.45) is 24.4. The number of amides is 1. The molecule has 0 radical (unpaired) electrons. The maximum atomic E-state index is 14.1. The van der Waals surface area contributed by atoms with Gasteiger partial charge in [-0.1, -0.05) is 156 Å². The van der Waals surface area contributed by atoms with Crippen LogP contribution in [0.3, 0.4) is 0 Å². The number of phosphoric acid groups is 1. The van der Waals surface area contributed by atoms with Crippen molar-refractivity contribution in [3.63, 3.8) is 0 Å². The molecule has 60 heavy (non-hydrogen) atoms. The van der Waals surface area contributed by atoms with E-state index >= 15 is 0 Å². The van der Waals surface area contributed by atoms with E-state index in [1.54, 1.807) is 7.11 Å². The first-order chi connectivity index (χ1) is 28.9. The molecule has 6 atom stereocenters. The van der Waals surface area contributed by atoms with Gasteiger partial charge >= 0.3 is 7.82 Å². The molecule has 12 nitrogen and oxygen atoms in total. The van der Waals surface area contributed by atoms with Crippen molar-refractivity contribution in [2.75, 3.05) is 40.6 Å². The van der Waals surface area contributed by atoms with Crippen LogP contribution in [0.1, 0.15) is 149 Å². The highest BCUT2D eigenvalue weighted by atomic mass is 35.6. The van der Waals surface area contributed by atoms with E-state index in [1.165, 1.54) is 70.6 Å². The Bertz CT molecular complexity index is 1210. The summed E-state index contributed by atoms with van der Waals surface area (Å²) in [4.78, 5) is 13.7. The third kappa shape index (κ3) is 25.9. The molecule has 0 aromatic heterocycles. The van der Waals surface area contributed by atoms with Gasteiger partial charge in [-0.05, 0) is 44.9 Å². The molecule has 0 bridgehead atoms. The molecule has 0 spiro atoms. The second kappa shape index (κ2) is 35.3. The minimum atomic E-state index is -4.33. The molecule has 1 fully saturated rings. The molecule has 1 aliphatic heterocycles. The molecule has 0 aliphatic carbocycles. The quantitative estimate of drug-likeness (QED) is 0.0153. The first-order valence-corrected chi connectivity index (χ1v) is 24.8. The number of alkyl halides is 3. The molecule has 2 N–H and O–H groups in total. The number of hydrogen-bond donors (Lipinski definition) is 2. The van der Waals surface area contributed by atoms with Gasteiger partial charge in [-0.15, -0.1) is 13.2 Å². The van der Waals surface area contributed by atoms with Gasteiger partial charge in [0.15, 0.2) is 0 Å². The summed E-state index contributed by atoms with van der Waals surface area (Å²) in [5.74, 6) is -1.05. The average molecular weight is 932 g/mol. The maximum absolute atomic E-state index is 14.1. The van der Waals surface area contributed by atoms with Gasteiger partial charge in [0.25, 0.3) is 3.79 Å². The number of halogens is 3. The number of ether oxygens (including phenoxy) is 5. The van der Waals surface area contributed by atoms with Gasteiger partial charge in [0.1, 0.15) is 24.4 Å². The van der Waals surface area contributed by atoms with Crippen LogP contribution in [0.2, 0.25) is 0 Å². The normalized spacial score (nSPS) is 20.3. The fourth-order valence-corrected chi connectivity index (χ4v) is 8.26. The first kappa shape index (κ1) is 57.0. The Kier molecular flexibility index (Phi) is 33.6. The van der Waals surface area contributed by atoms with Gasteiger partial charge in [-0.2, -0.15) is 0 Å². The standard InChI is InChI=1S/C44H78Cl3N2O10P/c1-7-11-13-15-16-17-18-19-20-21-22-23-24-26-28-30-38(50)49-39-41(54-34-31-36(53-6)29-27-25-14-12-8-2)40(59-60(51,55-32-9-3)56-33-10-4)37(35-52-5)57-42(39)58-43(48)44(45,46)47/h9-10,17-18,36-37,39-42,48H,3-4,7-8,11-16,19-35H2,1-2,5-6H3,(H,49,50)/b18-17-,48-43?/t36-,37-,39-,40-,41-,42?/m1/s1. The Morgan fingerprint density at radius 2 is 1.37 bits per heavy atom. The van der Waals surface area contributed by atoms with Gasteiger partial charge in [0.05, 0.1) is 25.9 Å². The molecular weight excluding hydrogens is 854 g/mol. The largest absolute Gasteiger partial charge is 0.475 e. The van der Waals surface area contributed by atoms with E-state index < -0.39 is 48.2 Å². The van der Waals surface area contributed by atoms with Crippen LogP contribution in [0.15, 0.2) is 37.5 Å². The van der Waals surface area contributed by atoms with Crippen LogP contribution in [0.25, 0.3) is 0 Å². The van der Waals surface area contributed by atoms with Crippen molar-refractivity contribution in [2.45, 2.75) is 189 Å². The van der Waals surface area contributed by atoms with Crippen molar-refractivity contribution >= 4 is 54.4 Å². The number of methoxy groups -OCH3 is 2. The highest BCUT2D eigenvalue weighted by Crippen LogP contribution is 2.52. The highest BCUT2D eigenvalue weighted by Gasteiger charge is 2.53. The molecule has 1 aliphatic rings. The van der Waals surface area contributed by atoms with Gasteiger partial charge in [-0.3, -0.25) is 23.8 Å². The van der Waals surface area contributed by atoms with Crippen molar-refractivity contribution in [1.82, 2.24) is 5.32 Å². The lowest BCUT2D eigenvalue weighted by Gasteiger charge is -2.46. The Morgan fingerprint density at radius 3 is 1.92 bits per heavy atom. The Balaban J connectivity index is 3.20. The Labute approximate surface area is 377 Å². The fourth-order valence-electron chi connectivity index (χ4n) is 6.80. The molecule has 1 unspecified atom stereocenters. The number of carbonyl (C=O) groups excluding carboxylic acids is 1. The molecule has 1 rings (SSSR count). The summed E-state index contributed by atoms with van der Waals surface area (Å²) in [7, 11) is -1.21. The summed E-state index contributed by atoms with van der Waals surface area (Å²) < 4.78 is 59.0. The summed E-state index contributed by atoms with van der Waals surface area (Å²) in [5, 5.41) is 11.4. The number of nitrogens with one attached hydrogen (secondary N) is 2. The van der Waals surface area contributed by atoms with Crippen molar-refractivity contribution in [3.05, 3.63) is 37.5 Å². The van der Waals surface area contributed by atoms with Crippen molar-refractivity contribution in [2.24, 2.45) is 0 Å². The summed E-state index contributed by atoms with van der Waals surface area (Å²) in [6.45, 7) is 11.4. The fraction of sp³-hybridized carbons (Fsp3) is 0.818. The van der Waals surface area contributed by atoms with E-state index in [0.717, 1.165) is 64.2 Å². The maximum Gasteiger partial charge on any atom is 0.475 e. The van der Waals surface area contributed by atoms with Crippen LogP contribution in [-0.2, 0) is 46.6 Å². The molecule has 1 saturated heterocycles. The molecular formula is C44H78Cl3N2O10P. The summed E-state index contributed by atoms with van der Waals surface area (Å²) in [5.41, 5.74) is 0. The van der Waals surface area contributed by atoms with Crippen molar-refractivity contribution in [1.29, 1.82) is 5.41 Å². The molecule has 0 aromatic carbocycles. The number of carbonyl (C=O) groups is 1. The smallest absolute Gasteiger partial charge is 0.446 e. The van der Waals surface area contributed by atoms with Crippen LogP contribution < -0.4 is 5.32 Å². The zero-order valence-corrected chi connectivity index (χ0v) is 40.2. The van der Waals surface area contributed by atoms with E-state index in [9.17, 15) is 9.36 Å². The van der Waals surface area contributed by atoms with Gasteiger partial charge < -0.3 is 29.0 Å². The topological polar surface area (TPSA) is 144 Å². The zero-order chi connectivity index (χ0) is 44.5. The molecule has 0 aromatic rings. The van der Waals surface area contributed by atoms with Gasteiger partial charge in [0, 0.05) is 27.2 Å². The molecule has 16 heteroatoms. The van der Waals surface area contributed by atoms with E-state index in [-0.39, 0.29) is 44.9 Å². The molecule has 1 heterocycles. The van der Waals surface area contributed by atoms with E-state index in [1.807, 2.05) is 0 Å². The number of unbranched alkanes of at least 4 members (excludes halogenated alkanes) is 15. The monoisotopic (exact) mass is 930 g/mol. The Morgan fingerprint density at radius 1 is 0.817 bits per heavy atom. The van der Waals surface area contributed by atoms with Gasteiger partial charge in [-0.25, -0.2) is 4.57 Å². The minimum Gasteiger partial charge on any atom is -0.446 e. The minimum absolute atomic E-state index is 0.0990. The van der Waals surface area contributed by atoms with Crippen LogP contribution in [0, 0.1) is 5.41 Å². The predicted octanol–water partition coefficient (Wildman–Crippen LogP) is 12.3. The number of phosphoric ester groups is 1. The predicted molar refractivity (Wildman–Crippen MR) is 244 cm³/mol.